The Kier molecular flexibility index (Phi) is 4.22. The normalized spacial score (nSPS) is 12.4. The molecule has 0 bridgehead atoms. The summed E-state index contributed by atoms with van der Waals surface area (Å²) in [5.74, 6) is -0.225. The largest absolute Gasteiger partial charge is 0.306 e. The Morgan fingerprint density at radius 2 is 2.00 bits per heavy atom. The minimum absolute atomic E-state index is 0.0603. The summed E-state index contributed by atoms with van der Waals surface area (Å²) in [6.07, 6.45) is 0. The molecule has 0 fully saturated rings. The molecule has 0 amide bonds. The van der Waals surface area contributed by atoms with Gasteiger partial charge in [-0.3, -0.25) is 0 Å². The molecular weight excluding hydrogens is 241 g/mol. The van der Waals surface area contributed by atoms with Gasteiger partial charge in [-0.15, -0.1) is 0 Å². The van der Waals surface area contributed by atoms with Gasteiger partial charge in [0.05, 0.1) is 17.4 Å². The van der Waals surface area contributed by atoms with Crippen LogP contribution in [0.3, 0.4) is 0 Å². The molecule has 1 aromatic carbocycles. The highest BCUT2D eigenvalue weighted by Crippen LogP contribution is 2.24. The predicted octanol–water partition coefficient (Wildman–Crippen LogP) is 2.93. The highest BCUT2D eigenvalue weighted by molar-refractivity contribution is 5.34. The number of halogens is 1. The van der Waals surface area contributed by atoms with Crippen LogP contribution >= 0.6 is 0 Å². The molecule has 0 aliphatic heterocycles. The van der Waals surface area contributed by atoms with Gasteiger partial charge in [0.2, 0.25) is 0 Å². The van der Waals surface area contributed by atoms with Crippen LogP contribution in [0.2, 0.25) is 0 Å². The van der Waals surface area contributed by atoms with Gasteiger partial charge in [0.25, 0.3) is 0 Å². The first-order chi connectivity index (χ1) is 9.11. The van der Waals surface area contributed by atoms with E-state index < -0.39 is 0 Å². The van der Waals surface area contributed by atoms with Crippen molar-refractivity contribution in [3.8, 4) is 0 Å². The quantitative estimate of drug-likeness (QED) is 0.917. The van der Waals surface area contributed by atoms with Crippen molar-refractivity contribution in [2.24, 2.45) is 0 Å². The third-order valence-electron chi connectivity index (χ3n) is 3.04. The lowest BCUT2D eigenvalue weighted by Gasteiger charge is -2.20. The molecule has 3 nitrogen and oxygen atoms in total. The molecule has 19 heavy (non-hydrogen) atoms. The fraction of sp³-hybridized carbons (Fsp3) is 0.333. The topological polar surface area (TPSA) is 37.8 Å². The standard InChI is InChI=1S/C15H18FN3/c1-4-17-15(12-6-5-7-13(16)9-12)14-8-10(2)18-19-11(14)3/h5-9,15,17H,4H2,1-3H3. The van der Waals surface area contributed by atoms with Gasteiger partial charge < -0.3 is 5.32 Å². The van der Waals surface area contributed by atoms with Crippen molar-refractivity contribution in [3.63, 3.8) is 0 Å². The zero-order valence-corrected chi connectivity index (χ0v) is 11.4. The summed E-state index contributed by atoms with van der Waals surface area (Å²) in [7, 11) is 0. The molecule has 0 saturated carbocycles. The van der Waals surface area contributed by atoms with Crippen molar-refractivity contribution >= 4 is 0 Å². The summed E-state index contributed by atoms with van der Waals surface area (Å²) in [5, 5.41) is 11.6. The number of nitrogens with zero attached hydrogens (tertiary/aromatic N) is 2. The van der Waals surface area contributed by atoms with E-state index in [9.17, 15) is 4.39 Å². The van der Waals surface area contributed by atoms with Gasteiger partial charge in [0.1, 0.15) is 5.82 Å². The zero-order chi connectivity index (χ0) is 13.8. The summed E-state index contributed by atoms with van der Waals surface area (Å²) < 4.78 is 13.4. The Labute approximate surface area is 112 Å². The first-order valence-electron chi connectivity index (χ1n) is 6.41. The maximum Gasteiger partial charge on any atom is 0.123 e. The Morgan fingerprint density at radius 1 is 1.21 bits per heavy atom. The number of aryl methyl sites for hydroxylation is 2. The number of aromatic nitrogens is 2. The molecule has 1 unspecified atom stereocenters. The molecule has 0 aliphatic carbocycles. The number of nitrogens with one attached hydrogen (secondary N) is 1. The number of benzene rings is 1. The Bertz CT molecular complexity index is 569. The average molecular weight is 259 g/mol. The highest BCUT2D eigenvalue weighted by Gasteiger charge is 2.17. The Hall–Kier alpha value is -1.81. The molecule has 0 radical (unpaired) electrons. The molecule has 0 aliphatic rings. The van der Waals surface area contributed by atoms with Crippen LogP contribution in [0.1, 0.15) is 35.5 Å². The van der Waals surface area contributed by atoms with E-state index in [-0.39, 0.29) is 11.9 Å². The van der Waals surface area contributed by atoms with E-state index in [2.05, 4.69) is 15.5 Å². The van der Waals surface area contributed by atoms with Gasteiger partial charge in [-0.05, 0) is 49.7 Å². The van der Waals surface area contributed by atoms with Crippen LogP contribution in [0, 0.1) is 19.7 Å². The number of hydrogen-bond donors (Lipinski definition) is 1. The smallest absolute Gasteiger partial charge is 0.123 e. The lowest BCUT2D eigenvalue weighted by Crippen LogP contribution is -2.23. The SMILES string of the molecule is CCNC(c1cccc(F)c1)c1cc(C)nnc1C. The summed E-state index contributed by atoms with van der Waals surface area (Å²) in [6.45, 7) is 6.65. The maximum absolute atomic E-state index is 13.4. The van der Waals surface area contributed by atoms with Gasteiger partial charge in [-0.25, -0.2) is 4.39 Å². The molecule has 1 aromatic heterocycles. The first kappa shape index (κ1) is 13.6. The minimum atomic E-state index is -0.225. The van der Waals surface area contributed by atoms with Gasteiger partial charge in [-0.2, -0.15) is 10.2 Å². The molecule has 4 heteroatoms. The summed E-state index contributed by atoms with van der Waals surface area (Å²) in [4.78, 5) is 0. The van der Waals surface area contributed by atoms with Crippen molar-refractivity contribution < 1.29 is 4.39 Å². The van der Waals surface area contributed by atoms with E-state index in [4.69, 9.17) is 0 Å². The molecule has 2 rings (SSSR count). The fourth-order valence-corrected chi connectivity index (χ4v) is 2.16. The van der Waals surface area contributed by atoms with Crippen molar-refractivity contribution in [1.82, 2.24) is 15.5 Å². The second-order valence-corrected chi connectivity index (χ2v) is 4.57. The second-order valence-electron chi connectivity index (χ2n) is 4.57. The van der Waals surface area contributed by atoms with Crippen LogP contribution in [0.15, 0.2) is 30.3 Å². The lowest BCUT2D eigenvalue weighted by atomic mass is 9.97. The average Bonchev–Trinajstić information content (AvgIpc) is 2.39. The van der Waals surface area contributed by atoms with Crippen molar-refractivity contribution in [2.45, 2.75) is 26.8 Å². The van der Waals surface area contributed by atoms with Gasteiger partial charge in [0.15, 0.2) is 0 Å². The highest BCUT2D eigenvalue weighted by atomic mass is 19.1. The van der Waals surface area contributed by atoms with E-state index in [0.29, 0.717) is 0 Å². The van der Waals surface area contributed by atoms with Crippen molar-refractivity contribution in [2.75, 3.05) is 6.54 Å². The van der Waals surface area contributed by atoms with Gasteiger partial charge >= 0.3 is 0 Å². The van der Waals surface area contributed by atoms with Crippen LogP contribution in [-0.4, -0.2) is 16.7 Å². The molecule has 0 spiro atoms. The van der Waals surface area contributed by atoms with Crippen LogP contribution < -0.4 is 5.32 Å². The van der Waals surface area contributed by atoms with Crippen LogP contribution in [0.25, 0.3) is 0 Å². The number of hydrogen-bond acceptors (Lipinski definition) is 3. The molecule has 1 heterocycles. The van der Waals surface area contributed by atoms with E-state index in [0.717, 1.165) is 29.1 Å². The van der Waals surface area contributed by atoms with Gasteiger partial charge in [0, 0.05) is 0 Å². The predicted molar refractivity (Wildman–Crippen MR) is 73.4 cm³/mol. The fourth-order valence-electron chi connectivity index (χ4n) is 2.16. The Morgan fingerprint density at radius 3 is 2.68 bits per heavy atom. The minimum Gasteiger partial charge on any atom is -0.306 e. The Balaban J connectivity index is 2.48. The van der Waals surface area contributed by atoms with E-state index in [1.54, 1.807) is 12.1 Å². The van der Waals surface area contributed by atoms with Gasteiger partial charge in [-0.1, -0.05) is 19.1 Å². The molecule has 100 valence electrons. The zero-order valence-electron chi connectivity index (χ0n) is 11.4. The van der Waals surface area contributed by atoms with Crippen LogP contribution in [-0.2, 0) is 0 Å². The lowest BCUT2D eigenvalue weighted by molar-refractivity contribution is 0.598. The van der Waals surface area contributed by atoms with E-state index >= 15 is 0 Å². The van der Waals surface area contributed by atoms with Crippen molar-refractivity contribution in [1.29, 1.82) is 0 Å². The number of rotatable bonds is 4. The molecule has 1 N–H and O–H groups in total. The van der Waals surface area contributed by atoms with Crippen molar-refractivity contribution in [3.05, 3.63) is 58.7 Å². The second kappa shape index (κ2) is 5.89. The third kappa shape index (κ3) is 3.15. The van der Waals surface area contributed by atoms with Crippen LogP contribution in [0.5, 0.6) is 0 Å². The third-order valence-corrected chi connectivity index (χ3v) is 3.04. The summed E-state index contributed by atoms with van der Waals surface area (Å²) in [6, 6.07) is 8.60. The monoisotopic (exact) mass is 259 g/mol. The summed E-state index contributed by atoms with van der Waals surface area (Å²) >= 11 is 0. The van der Waals surface area contributed by atoms with E-state index in [1.165, 1.54) is 6.07 Å². The molecule has 0 saturated heterocycles. The molecule has 1 atom stereocenters. The maximum atomic E-state index is 13.4. The van der Waals surface area contributed by atoms with Crippen LogP contribution in [0.4, 0.5) is 4.39 Å². The molecular formula is C15H18FN3. The summed E-state index contributed by atoms with van der Waals surface area (Å²) in [5.41, 5.74) is 3.66. The van der Waals surface area contributed by atoms with E-state index in [1.807, 2.05) is 32.9 Å². The first-order valence-corrected chi connectivity index (χ1v) is 6.41. The molecule has 2 aromatic rings.